The largest absolute Gasteiger partial charge is 0.307 e. The topological polar surface area (TPSA) is 97.1 Å². The first-order valence-corrected chi connectivity index (χ1v) is 42.0. The number of benzene rings is 19. The van der Waals surface area contributed by atoms with Crippen LogP contribution in [0, 0.1) is 0 Å². The summed E-state index contributed by atoms with van der Waals surface area (Å²) < 4.78 is 9.86. The molecule has 10 heteroatoms. The zero-order valence-corrected chi connectivity index (χ0v) is 67.0. The van der Waals surface area contributed by atoms with Crippen molar-refractivity contribution in [2.24, 2.45) is 0 Å². The van der Waals surface area contributed by atoms with E-state index in [2.05, 4.69) is 382 Å². The van der Waals surface area contributed by atoms with Crippen molar-refractivity contribution in [3.63, 3.8) is 0 Å². The van der Waals surface area contributed by atoms with Gasteiger partial charge in [-0.1, -0.05) is 358 Å². The van der Waals surface area contributed by atoms with Crippen LogP contribution in [-0.2, 0) is 0 Å². The van der Waals surface area contributed by atoms with Gasteiger partial charge >= 0.3 is 0 Å². The van der Waals surface area contributed by atoms with Crippen LogP contribution < -0.4 is 0 Å². The van der Waals surface area contributed by atoms with Gasteiger partial charge in [-0.15, -0.1) is 0 Å². The first kappa shape index (κ1) is 71.3. The van der Waals surface area contributed by atoms with E-state index in [0.29, 0.717) is 34.9 Å². The van der Waals surface area contributed by atoms with Gasteiger partial charge in [0.05, 0.1) is 66.9 Å². The van der Waals surface area contributed by atoms with Gasteiger partial charge in [0, 0.05) is 87.6 Å². The minimum atomic E-state index is 0.593. The number of para-hydroxylation sites is 8. The van der Waals surface area contributed by atoms with Crippen LogP contribution in [0.15, 0.2) is 437 Å². The van der Waals surface area contributed by atoms with E-state index in [1.54, 1.807) is 0 Å². The van der Waals surface area contributed by atoms with E-state index in [1.807, 2.05) is 72.8 Å². The monoisotopic (exact) mass is 1580 g/mol. The Morgan fingerprint density at radius 2 is 0.395 bits per heavy atom. The Morgan fingerprint density at radius 1 is 0.145 bits per heavy atom. The number of nitrogens with zero attached hydrogens (tertiary/aromatic N) is 10. The lowest BCUT2D eigenvalue weighted by Gasteiger charge is -2.24. The molecule has 0 amide bonds. The summed E-state index contributed by atoms with van der Waals surface area (Å²) in [6, 6.07) is 155. The number of hydrogen-bond acceptors (Lipinski definition) is 6. The molecule has 0 unspecified atom stereocenters. The Balaban J connectivity index is 0.000000140. The minimum Gasteiger partial charge on any atom is -0.307 e. The molecule has 0 aliphatic rings. The highest BCUT2D eigenvalue weighted by atomic mass is 15.1. The van der Waals surface area contributed by atoms with E-state index >= 15 is 0 Å². The normalized spacial score (nSPS) is 11.7. The van der Waals surface area contributed by atoms with Crippen molar-refractivity contribution >= 4 is 120 Å². The van der Waals surface area contributed by atoms with E-state index in [0.717, 1.165) is 144 Å². The Bertz CT molecular complexity index is 8230. The molecule has 124 heavy (non-hydrogen) atoms. The summed E-state index contributed by atoms with van der Waals surface area (Å²) in [6.07, 6.45) is 0. The van der Waals surface area contributed by atoms with Gasteiger partial charge in [-0.25, -0.2) is 29.9 Å². The predicted molar refractivity (Wildman–Crippen MR) is 513 cm³/mol. The molecule has 6 heterocycles. The van der Waals surface area contributed by atoms with Crippen LogP contribution in [0.2, 0.25) is 0 Å². The lowest BCUT2D eigenvalue weighted by molar-refractivity contribution is 1.06. The molecule has 6 aromatic heterocycles. The molecule has 19 aromatic carbocycles. The molecule has 0 aliphatic heterocycles. The second-order valence-corrected chi connectivity index (χ2v) is 31.5. The molecular formula is C114H72N10. The van der Waals surface area contributed by atoms with Gasteiger partial charge in [-0.05, 0) is 122 Å². The van der Waals surface area contributed by atoms with Crippen LogP contribution in [0.3, 0.4) is 0 Å². The van der Waals surface area contributed by atoms with Gasteiger partial charge < -0.3 is 18.3 Å². The Morgan fingerprint density at radius 3 is 0.742 bits per heavy atom. The standard InChI is InChI=1S/C59H37N5.C55H35N5/c1-3-19-38(20-4-1)57-60-58(39-21-5-2-6-22-39)62-59(61-57)48-35-36-54(63-50-31-15-11-27-44(50)45-28-12-16-32-51(45)63)56(64-52-33-17-13-29-46(52)47-30-14-18-34-53(47)64)55(48)49-37-40-23-7-8-24-41(40)42-25-9-10-26-43(42)49;1-3-19-37(20-4-1)53-56-54(38-21-5-2-6-22-38)58-55(57-53)45-34-35-50(59-46-30-13-9-25-40(46)41-26-10-14-31-47(41)59)52(51(45)44-29-17-23-36-18-7-8-24-39(36)44)60-48-32-15-11-27-42(48)43-28-12-16-33-49(43)60/h1-37H;1-35H. The van der Waals surface area contributed by atoms with Crippen molar-refractivity contribution < 1.29 is 0 Å². The maximum Gasteiger partial charge on any atom is 0.164 e. The molecule has 0 bridgehead atoms. The second-order valence-electron chi connectivity index (χ2n) is 31.5. The van der Waals surface area contributed by atoms with Crippen molar-refractivity contribution in [3.8, 4) is 113 Å². The Hall–Kier alpha value is -16.8. The predicted octanol–water partition coefficient (Wildman–Crippen LogP) is 28.9. The zero-order valence-electron chi connectivity index (χ0n) is 67.0. The summed E-state index contributed by atoms with van der Waals surface area (Å²) in [4.78, 5) is 31.8. The molecule has 0 spiro atoms. The molecule has 0 atom stereocenters. The highest BCUT2D eigenvalue weighted by Crippen LogP contribution is 2.51. The molecule has 25 rings (SSSR count). The molecule has 0 N–H and O–H groups in total. The summed E-state index contributed by atoms with van der Waals surface area (Å²) in [7, 11) is 0. The van der Waals surface area contributed by atoms with E-state index in [9.17, 15) is 0 Å². The first-order valence-electron chi connectivity index (χ1n) is 42.0. The van der Waals surface area contributed by atoms with Crippen molar-refractivity contribution in [3.05, 3.63) is 437 Å². The molecule has 0 aliphatic carbocycles. The van der Waals surface area contributed by atoms with Crippen molar-refractivity contribution in [1.82, 2.24) is 48.2 Å². The summed E-state index contributed by atoms with van der Waals surface area (Å²) in [5, 5.41) is 16.5. The van der Waals surface area contributed by atoms with Crippen LogP contribution in [0.1, 0.15) is 0 Å². The fourth-order valence-corrected chi connectivity index (χ4v) is 19.1. The highest BCUT2D eigenvalue weighted by molar-refractivity contribution is 6.20. The number of rotatable bonds is 12. The number of hydrogen-bond donors (Lipinski definition) is 0. The molecule has 10 nitrogen and oxygen atoms in total. The van der Waals surface area contributed by atoms with Crippen LogP contribution in [0.4, 0.5) is 0 Å². The van der Waals surface area contributed by atoms with Gasteiger partial charge in [0.1, 0.15) is 0 Å². The average Bonchev–Trinajstić information content (AvgIpc) is 1.48. The fourth-order valence-electron chi connectivity index (χ4n) is 19.1. The molecule has 25 aromatic rings. The fraction of sp³-hybridized carbons (Fsp3) is 0. The third kappa shape index (κ3) is 11.7. The van der Waals surface area contributed by atoms with Crippen LogP contribution in [0.25, 0.3) is 233 Å². The van der Waals surface area contributed by atoms with E-state index in [-0.39, 0.29) is 0 Å². The summed E-state index contributed by atoms with van der Waals surface area (Å²) >= 11 is 0. The van der Waals surface area contributed by atoms with Crippen LogP contribution in [-0.4, -0.2) is 48.2 Å². The van der Waals surface area contributed by atoms with Crippen molar-refractivity contribution in [2.45, 2.75) is 0 Å². The van der Waals surface area contributed by atoms with Gasteiger partial charge in [0.15, 0.2) is 34.9 Å². The van der Waals surface area contributed by atoms with E-state index < -0.39 is 0 Å². The highest BCUT2D eigenvalue weighted by Gasteiger charge is 2.31. The Labute approximate surface area is 713 Å². The maximum atomic E-state index is 5.43. The smallest absolute Gasteiger partial charge is 0.164 e. The van der Waals surface area contributed by atoms with Gasteiger partial charge in [-0.3, -0.25) is 0 Å². The second kappa shape index (κ2) is 29.6. The van der Waals surface area contributed by atoms with Gasteiger partial charge in [0.25, 0.3) is 0 Å². The molecule has 0 radical (unpaired) electrons. The van der Waals surface area contributed by atoms with E-state index in [1.165, 1.54) is 53.9 Å². The van der Waals surface area contributed by atoms with E-state index in [4.69, 9.17) is 29.9 Å². The molecule has 0 saturated heterocycles. The Kier molecular flexibility index (Phi) is 17.0. The van der Waals surface area contributed by atoms with Gasteiger partial charge in [0.2, 0.25) is 0 Å². The third-order valence-electron chi connectivity index (χ3n) is 24.5. The summed E-state index contributed by atoms with van der Waals surface area (Å²) in [5.41, 5.74) is 22.9. The maximum absolute atomic E-state index is 5.43. The molecule has 578 valence electrons. The summed E-state index contributed by atoms with van der Waals surface area (Å²) in [6.45, 7) is 0. The van der Waals surface area contributed by atoms with Crippen LogP contribution in [0.5, 0.6) is 0 Å². The van der Waals surface area contributed by atoms with Crippen molar-refractivity contribution in [2.75, 3.05) is 0 Å². The minimum absolute atomic E-state index is 0.593. The van der Waals surface area contributed by atoms with Crippen molar-refractivity contribution in [1.29, 1.82) is 0 Å². The summed E-state index contributed by atoms with van der Waals surface area (Å²) in [5.74, 6) is 3.66. The van der Waals surface area contributed by atoms with Crippen LogP contribution >= 0.6 is 0 Å². The average molecular weight is 1580 g/mol. The number of aromatic nitrogens is 10. The first-order chi connectivity index (χ1) is 61.6. The van der Waals surface area contributed by atoms with Gasteiger partial charge in [-0.2, -0.15) is 0 Å². The third-order valence-corrected chi connectivity index (χ3v) is 24.5. The number of fused-ring (bicyclic) bond motifs is 16. The molecule has 0 saturated carbocycles. The lowest BCUT2D eigenvalue weighted by atomic mass is 9.88. The zero-order chi connectivity index (χ0) is 81.7. The molecule has 0 fully saturated rings. The molecular weight excluding hydrogens is 1510 g/mol. The lowest BCUT2D eigenvalue weighted by Crippen LogP contribution is -2.08. The quantitative estimate of drug-likeness (QED) is 0.113. The SMILES string of the molecule is c1ccc(-c2nc(-c3ccccc3)nc(-c3ccc(-n4c5ccccc5c5ccccc54)c(-n4c5ccccc5c5ccccc54)c3-c3cc4ccccc4c4ccccc34)n2)cc1.c1ccc(-c2nc(-c3ccccc3)nc(-c3ccc(-n4c5ccccc5c5ccccc54)c(-n4c5ccccc5c5ccccc54)c3-c3cccc4ccccc34)n2)cc1.